The van der Waals surface area contributed by atoms with Crippen molar-refractivity contribution in [3.05, 3.63) is 78.4 Å². The summed E-state index contributed by atoms with van der Waals surface area (Å²) in [5, 5.41) is 5.59. The lowest BCUT2D eigenvalue weighted by atomic mass is 10.1. The van der Waals surface area contributed by atoms with Gasteiger partial charge in [-0.25, -0.2) is 17.7 Å². The normalized spacial score (nSPS) is 11.3. The largest absolute Gasteiger partial charge is 0.348 e. The summed E-state index contributed by atoms with van der Waals surface area (Å²) < 4.78 is 27.2. The number of carbonyl (C=O) groups excluding carboxylic acids is 2. The summed E-state index contributed by atoms with van der Waals surface area (Å²) in [7, 11) is -0.549. The molecule has 0 bridgehead atoms. The number of sulfonamides is 1. The van der Waals surface area contributed by atoms with E-state index in [1.165, 1.54) is 26.2 Å². The Morgan fingerprint density at radius 2 is 1.84 bits per heavy atom. The Morgan fingerprint density at radius 1 is 1.09 bits per heavy atom. The van der Waals surface area contributed by atoms with E-state index in [0.717, 1.165) is 9.87 Å². The minimum atomic E-state index is -3.49. The number of aryl methyl sites for hydroxylation is 1. The number of amides is 2. The second-order valence-electron chi connectivity index (χ2n) is 7.29. The van der Waals surface area contributed by atoms with Crippen molar-refractivity contribution >= 4 is 27.5 Å². The SMILES string of the molecule is CN(C)S(=O)(=O)c1ccc(CNC(=O)c2cccc(NC(=O)CCn3ccnc3)c2)cc1. The first-order chi connectivity index (χ1) is 15.3. The number of nitrogens with zero attached hydrogens (tertiary/aromatic N) is 3. The van der Waals surface area contributed by atoms with Crippen LogP contribution in [0.5, 0.6) is 0 Å². The molecule has 0 atom stereocenters. The summed E-state index contributed by atoms with van der Waals surface area (Å²) in [6.07, 6.45) is 5.37. The molecule has 9 nitrogen and oxygen atoms in total. The van der Waals surface area contributed by atoms with Crippen LogP contribution >= 0.6 is 0 Å². The molecular weight excluding hydrogens is 430 g/mol. The standard InChI is InChI=1S/C22H25N5O4S/c1-26(2)32(30,31)20-8-6-17(7-9-20)15-24-22(29)18-4-3-5-19(14-18)25-21(28)10-12-27-13-11-23-16-27/h3-9,11,13-14,16H,10,12,15H2,1-2H3,(H,24,29)(H,25,28). The van der Waals surface area contributed by atoms with Crippen LogP contribution in [0.15, 0.2) is 72.1 Å². The molecule has 3 aromatic rings. The zero-order chi connectivity index (χ0) is 23.1. The van der Waals surface area contributed by atoms with Crippen LogP contribution in [0.3, 0.4) is 0 Å². The first-order valence-electron chi connectivity index (χ1n) is 9.91. The number of rotatable bonds is 9. The van der Waals surface area contributed by atoms with E-state index in [1.807, 2.05) is 4.57 Å². The van der Waals surface area contributed by atoms with Crippen LogP contribution in [-0.2, 0) is 27.9 Å². The number of hydrogen-bond acceptors (Lipinski definition) is 5. The van der Waals surface area contributed by atoms with Gasteiger partial charge in [-0.2, -0.15) is 0 Å². The molecule has 32 heavy (non-hydrogen) atoms. The molecule has 1 aromatic heterocycles. The van der Waals surface area contributed by atoms with Crippen molar-refractivity contribution in [3.63, 3.8) is 0 Å². The summed E-state index contributed by atoms with van der Waals surface area (Å²) >= 11 is 0. The fraction of sp³-hybridized carbons (Fsp3) is 0.227. The van der Waals surface area contributed by atoms with E-state index in [1.54, 1.807) is 55.1 Å². The highest BCUT2D eigenvalue weighted by molar-refractivity contribution is 7.89. The fourth-order valence-corrected chi connectivity index (χ4v) is 3.79. The zero-order valence-corrected chi connectivity index (χ0v) is 18.7. The van der Waals surface area contributed by atoms with Gasteiger partial charge in [-0.1, -0.05) is 18.2 Å². The summed E-state index contributed by atoms with van der Waals surface area (Å²) in [6, 6.07) is 13.0. The molecule has 0 aliphatic rings. The second-order valence-corrected chi connectivity index (χ2v) is 9.45. The molecule has 0 saturated carbocycles. The van der Waals surface area contributed by atoms with Crippen molar-refractivity contribution in [2.24, 2.45) is 0 Å². The molecule has 0 fully saturated rings. The smallest absolute Gasteiger partial charge is 0.251 e. The molecule has 10 heteroatoms. The number of carbonyl (C=O) groups is 2. The molecule has 0 spiro atoms. The van der Waals surface area contributed by atoms with Gasteiger partial charge in [0.05, 0.1) is 11.2 Å². The highest BCUT2D eigenvalue weighted by atomic mass is 32.2. The van der Waals surface area contributed by atoms with E-state index in [0.29, 0.717) is 17.8 Å². The average Bonchev–Trinajstić information content (AvgIpc) is 3.30. The third kappa shape index (κ3) is 6.02. The number of hydrogen-bond donors (Lipinski definition) is 2. The van der Waals surface area contributed by atoms with Gasteiger partial charge in [-0.05, 0) is 35.9 Å². The first-order valence-corrected chi connectivity index (χ1v) is 11.3. The Labute approximate surface area is 187 Å². The lowest BCUT2D eigenvalue weighted by molar-refractivity contribution is -0.116. The molecule has 0 radical (unpaired) electrons. The quantitative estimate of drug-likeness (QED) is 0.513. The molecule has 168 valence electrons. The molecule has 0 aliphatic heterocycles. The number of aromatic nitrogens is 2. The van der Waals surface area contributed by atoms with Crippen LogP contribution < -0.4 is 10.6 Å². The summed E-state index contributed by atoms with van der Waals surface area (Å²) in [4.78, 5) is 28.8. The third-order valence-electron chi connectivity index (χ3n) is 4.72. The highest BCUT2D eigenvalue weighted by Crippen LogP contribution is 2.15. The van der Waals surface area contributed by atoms with E-state index in [-0.39, 0.29) is 29.7 Å². The van der Waals surface area contributed by atoms with Crippen LogP contribution in [-0.4, -0.2) is 48.2 Å². The van der Waals surface area contributed by atoms with Gasteiger partial charge in [0.2, 0.25) is 15.9 Å². The number of anilines is 1. The van der Waals surface area contributed by atoms with E-state index in [9.17, 15) is 18.0 Å². The Morgan fingerprint density at radius 3 is 2.50 bits per heavy atom. The minimum absolute atomic E-state index is 0.163. The van der Waals surface area contributed by atoms with Crippen molar-refractivity contribution in [2.75, 3.05) is 19.4 Å². The van der Waals surface area contributed by atoms with Gasteiger partial charge >= 0.3 is 0 Å². The monoisotopic (exact) mass is 455 g/mol. The van der Waals surface area contributed by atoms with Crippen molar-refractivity contribution in [2.45, 2.75) is 24.4 Å². The molecule has 0 unspecified atom stereocenters. The predicted octanol–water partition coefficient (Wildman–Crippen LogP) is 2.09. The zero-order valence-electron chi connectivity index (χ0n) is 17.9. The fourth-order valence-electron chi connectivity index (χ4n) is 2.89. The molecule has 1 heterocycles. The maximum absolute atomic E-state index is 12.5. The van der Waals surface area contributed by atoms with Gasteiger partial charge in [0, 0.05) is 57.3 Å². The maximum atomic E-state index is 12.5. The number of imidazole rings is 1. The van der Waals surface area contributed by atoms with Crippen molar-refractivity contribution < 1.29 is 18.0 Å². The van der Waals surface area contributed by atoms with Crippen LogP contribution in [0.1, 0.15) is 22.3 Å². The van der Waals surface area contributed by atoms with E-state index in [2.05, 4.69) is 15.6 Å². The highest BCUT2D eigenvalue weighted by Gasteiger charge is 2.16. The molecule has 0 aliphatic carbocycles. The summed E-state index contributed by atoms with van der Waals surface area (Å²) in [5.74, 6) is -0.464. The van der Waals surface area contributed by atoms with Gasteiger partial charge in [-0.3, -0.25) is 9.59 Å². The van der Waals surface area contributed by atoms with E-state index < -0.39 is 10.0 Å². The van der Waals surface area contributed by atoms with E-state index in [4.69, 9.17) is 0 Å². The molecule has 2 N–H and O–H groups in total. The summed E-state index contributed by atoms with van der Waals surface area (Å²) in [6.45, 7) is 0.753. The van der Waals surface area contributed by atoms with E-state index >= 15 is 0 Å². The topological polar surface area (TPSA) is 113 Å². The molecule has 2 amide bonds. The van der Waals surface area contributed by atoms with Crippen LogP contribution in [0.2, 0.25) is 0 Å². The molecule has 3 rings (SSSR count). The van der Waals surface area contributed by atoms with Gasteiger partial charge in [-0.15, -0.1) is 0 Å². The number of nitrogens with one attached hydrogen (secondary N) is 2. The lowest BCUT2D eigenvalue weighted by Gasteiger charge is -2.12. The maximum Gasteiger partial charge on any atom is 0.251 e. The summed E-state index contributed by atoms with van der Waals surface area (Å²) in [5.41, 5.74) is 1.70. The van der Waals surface area contributed by atoms with Crippen molar-refractivity contribution in [1.82, 2.24) is 19.2 Å². The van der Waals surface area contributed by atoms with Gasteiger partial charge in [0.1, 0.15) is 0 Å². The van der Waals surface area contributed by atoms with Crippen LogP contribution in [0.25, 0.3) is 0 Å². The Balaban J connectivity index is 1.54. The van der Waals surface area contributed by atoms with Crippen LogP contribution in [0, 0.1) is 0 Å². The average molecular weight is 456 g/mol. The molecular formula is C22H25N5O4S. The van der Waals surface area contributed by atoms with Gasteiger partial charge in [0.15, 0.2) is 0 Å². The Bertz CT molecular complexity index is 1170. The molecule has 0 saturated heterocycles. The van der Waals surface area contributed by atoms with Crippen molar-refractivity contribution in [3.8, 4) is 0 Å². The Kier molecular flexibility index (Phi) is 7.39. The predicted molar refractivity (Wildman–Crippen MR) is 120 cm³/mol. The lowest BCUT2D eigenvalue weighted by Crippen LogP contribution is -2.24. The first kappa shape index (κ1) is 23.2. The van der Waals surface area contributed by atoms with Gasteiger partial charge in [0.25, 0.3) is 5.91 Å². The van der Waals surface area contributed by atoms with Gasteiger partial charge < -0.3 is 15.2 Å². The van der Waals surface area contributed by atoms with Crippen LogP contribution in [0.4, 0.5) is 5.69 Å². The third-order valence-corrected chi connectivity index (χ3v) is 6.55. The number of benzene rings is 2. The molecule has 2 aromatic carbocycles. The Hall–Kier alpha value is -3.50. The van der Waals surface area contributed by atoms with Crippen molar-refractivity contribution in [1.29, 1.82) is 0 Å². The minimum Gasteiger partial charge on any atom is -0.348 e. The second kappa shape index (κ2) is 10.2.